The lowest BCUT2D eigenvalue weighted by atomic mass is 10.1. The zero-order chi connectivity index (χ0) is 26.0. The maximum atomic E-state index is 14.2. The predicted octanol–water partition coefficient (Wildman–Crippen LogP) is 2.46. The zero-order valence-corrected chi connectivity index (χ0v) is 19.1. The minimum Gasteiger partial charge on any atom is -0.497 e. The van der Waals surface area contributed by atoms with Gasteiger partial charge >= 0.3 is 12.2 Å². The summed E-state index contributed by atoms with van der Waals surface area (Å²) in [6, 6.07) is 6.66. The molecule has 3 rings (SSSR count). The van der Waals surface area contributed by atoms with Crippen molar-refractivity contribution >= 4 is 17.8 Å². The van der Waals surface area contributed by atoms with Gasteiger partial charge in [-0.3, -0.25) is 19.8 Å². The van der Waals surface area contributed by atoms with Crippen LogP contribution in [-0.4, -0.2) is 63.0 Å². The Morgan fingerprint density at radius 3 is 2.06 bits per heavy atom. The molecule has 4 amide bonds. The van der Waals surface area contributed by atoms with Gasteiger partial charge in [-0.15, -0.1) is 0 Å². The minimum atomic E-state index is -5.37. The molecule has 0 bridgehead atoms. The van der Waals surface area contributed by atoms with Crippen LogP contribution in [0.25, 0.3) is 0 Å². The number of methoxy groups -OCH3 is 4. The third-order valence-corrected chi connectivity index (χ3v) is 5.23. The highest BCUT2D eigenvalue weighted by Gasteiger charge is 2.68. The number of alkyl halides is 3. The van der Waals surface area contributed by atoms with Crippen molar-refractivity contribution in [2.75, 3.05) is 28.4 Å². The number of carbonyl (C=O) groups is 3. The number of amides is 4. The Morgan fingerprint density at radius 2 is 1.54 bits per heavy atom. The van der Waals surface area contributed by atoms with Gasteiger partial charge in [-0.25, -0.2) is 4.79 Å². The second-order valence-electron chi connectivity index (χ2n) is 7.31. The number of hydrogen-bond acceptors (Lipinski definition) is 7. The largest absolute Gasteiger partial charge is 0.497 e. The standard InChI is InChI=1S/C22H22F3N3O7/c1-32-14-7-12(8-15(10-14)33-2)11-28-19(30)21(22(23,24)25,27-20(28)31)26-18(29)13-5-6-16(34-3)17(9-13)35-4/h5-10H,11H2,1-4H3,(H,26,29)(H,27,31). The van der Waals surface area contributed by atoms with Crippen LogP contribution in [0.15, 0.2) is 36.4 Å². The molecule has 188 valence electrons. The molecule has 0 aliphatic carbocycles. The number of benzene rings is 2. The summed E-state index contributed by atoms with van der Waals surface area (Å²) in [6.07, 6.45) is -5.37. The predicted molar refractivity (Wildman–Crippen MR) is 114 cm³/mol. The van der Waals surface area contributed by atoms with Crippen LogP contribution in [0.2, 0.25) is 0 Å². The summed E-state index contributed by atoms with van der Waals surface area (Å²) >= 11 is 0. The Bertz CT molecular complexity index is 1130. The smallest absolute Gasteiger partial charge is 0.440 e. The number of nitrogens with one attached hydrogen (secondary N) is 2. The van der Waals surface area contributed by atoms with Gasteiger partial charge in [-0.2, -0.15) is 13.2 Å². The maximum Gasteiger partial charge on any atom is 0.440 e. The Kier molecular flexibility index (Phi) is 6.99. The van der Waals surface area contributed by atoms with Crippen LogP contribution in [-0.2, 0) is 11.3 Å². The molecule has 35 heavy (non-hydrogen) atoms. The molecule has 13 heteroatoms. The van der Waals surface area contributed by atoms with E-state index in [0.29, 0.717) is 16.4 Å². The number of ether oxygens (including phenoxy) is 4. The normalized spacial score (nSPS) is 17.6. The number of imide groups is 1. The highest BCUT2D eigenvalue weighted by atomic mass is 19.4. The molecule has 0 saturated carbocycles. The van der Waals surface area contributed by atoms with Crippen molar-refractivity contribution in [3.05, 3.63) is 47.5 Å². The number of nitrogens with zero attached hydrogens (tertiary/aromatic N) is 1. The van der Waals surface area contributed by atoms with Gasteiger partial charge in [0.1, 0.15) is 11.5 Å². The number of urea groups is 1. The molecule has 2 aromatic rings. The third kappa shape index (κ3) is 4.74. The molecule has 1 atom stereocenters. The van der Waals surface area contributed by atoms with Crippen molar-refractivity contribution in [1.29, 1.82) is 0 Å². The van der Waals surface area contributed by atoms with Crippen LogP contribution in [0.1, 0.15) is 15.9 Å². The first-order chi connectivity index (χ1) is 16.5. The minimum absolute atomic E-state index is 0.0802. The second kappa shape index (κ2) is 9.60. The van der Waals surface area contributed by atoms with Gasteiger partial charge in [0, 0.05) is 11.6 Å². The molecule has 0 radical (unpaired) electrons. The molecule has 0 aromatic heterocycles. The lowest BCUT2D eigenvalue weighted by molar-refractivity contribution is -0.200. The Labute approximate surface area is 197 Å². The Balaban J connectivity index is 1.94. The van der Waals surface area contributed by atoms with Crippen LogP contribution in [0.5, 0.6) is 23.0 Å². The van der Waals surface area contributed by atoms with Gasteiger partial charge in [-0.05, 0) is 35.9 Å². The first kappa shape index (κ1) is 25.5. The van der Waals surface area contributed by atoms with Crippen molar-refractivity contribution in [2.45, 2.75) is 18.4 Å². The van der Waals surface area contributed by atoms with Crippen LogP contribution in [0.3, 0.4) is 0 Å². The van der Waals surface area contributed by atoms with E-state index in [0.717, 1.165) is 6.07 Å². The topological polar surface area (TPSA) is 115 Å². The molecule has 10 nitrogen and oxygen atoms in total. The molecule has 1 aliphatic rings. The van der Waals surface area contributed by atoms with Gasteiger partial charge in [0.2, 0.25) is 0 Å². The molecule has 1 unspecified atom stereocenters. The molecular weight excluding hydrogens is 475 g/mol. The number of halogens is 3. The number of carbonyl (C=O) groups excluding carboxylic acids is 3. The average Bonchev–Trinajstić information content (AvgIpc) is 3.07. The fourth-order valence-electron chi connectivity index (χ4n) is 3.43. The molecule has 1 saturated heterocycles. The van der Waals surface area contributed by atoms with Gasteiger partial charge in [0.25, 0.3) is 17.5 Å². The van der Waals surface area contributed by atoms with E-state index in [1.54, 1.807) is 10.6 Å². The first-order valence-corrected chi connectivity index (χ1v) is 9.97. The van der Waals surface area contributed by atoms with Gasteiger partial charge in [-0.1, -0.05) is 0 Å². The van der Waals surface area contributed by atoms with E-state index in [9.17, 15) is 27.6 Å². The SMILES string of the molecule is COc1cc(CN2C(=O)NC(NC(=O)c3ccc(OC)c(OC)c3)(C(F)(F)F)C2=O)cc(OC)c1. The highest BCUT2D eigenvalue weighted by molar-refractivity contribution is 6.10. The van der Waals surface area contributed by atoms with Crippen LogP contribution in [0.4, 0.5) is 18.0 Å². The van der Waals surface area contributed by atoms with Crippen molar-refractivity contribution in [3.63, 3.8) is 0 Å². The van der Waals surface area contributed by atoms with E-state index in [-0.39, 0.29) is 22.6 Å². The van der Waals surface area contributed by atoms with Crippen molar-refractivity contribution in [3.8, 4) is 23.0 Å². The average molecular weight is 497 g/mol. The van der Waals surface area contributed by atoms with E-state index >= 15 is 0 Å². The summed E-state index contributed by atoms with van der Waals surface area (Å²) in [5.41, 5.74) is -3.68. The summed E-state index contributed by atoms with van der Waals surface area (Å²) in [4.78, 5) is 38.6. The Hall–Kier alpha value is -4.16. The van der Waals surface area contributed by atoms with Crippen LogP contribution < -0.4 is 29.6 Å². The zero-order valence-electron chi connectivity index (χ0n) is 19.1. The number of hydrogen-bond donors (Lipinski definition) is 2. The van der Waals surface area contributed by atoms with Gasteiger partial charge < -0.3 is 24.3 Å². The molecule has 2 aromatic carbocycles. The lowest BCUT2D eigenvalue weighted by Crippen LogP contribution is -2.69. The van der Waals surface area contributed by atoms with Crippen molar-refractivity contribution < 1.29 is 46.5 Å². The second-order valence-corrected chi connectivity index (χ2v) is 7.31. The molecule has 1 fully saturated rings. The van der Waals surface area contributed by atoms with Crippen molar-refractivity contribution in [1.82, 2.24) is 15.5 Å². The molecule has 2 N–H and O–H groups in total. The highest BCUT2D eigenvalue weighted by Crippen LogP contribution is 2.36. The molecule has 1 aliphatic heterocycles. The summed E-state index contributed by atoms with van der Waals surface area (Å²) in [7, 11) is 5.35. The van der Waals surface area contributed by atoms with Crippen molar-refractivity contribution in [2.24, 2.45) is 0 Å². The monoisotopic (exact) mass is 497 g/mol. The van der Waals surface area contributed by atoms with Gasteiger partial charge in [0.05, 0.1) is 35.0 Å². The van der Waals surface area contributed by atoms with E-state index < -0.39 is 36.2 Å². The third-order valence-electron chi connectivity index (χ3n) is 5.23. The number of rotatable bonds is 8. The molecular formula is C22H22F3N3O7. The first-order valence-electron chi connectivity index (χ1n) is 9.97. The molecule has 1 heterocycles. The van der Waals surface area contributed by atoms with Gasteiger partial charge in [0.15, 0.2) is 11.5 Å². The summed E-state index contributed by atoms with van der Waals surface area (Å²) in [5.74, 6) is -2.06. The fraction of sp³-hybridized carbons (Fsp3) is 0.318. The van der Waals surface area contributed by atoms with E-state index in [1.807, 2.05) is 0 Å². The maximum absolute atomic E-state index is 14.2. The van der Waals surface area contributed by atoms with Crippen LogP contribution in [0, 0.1) is 0 Å². The summed E-state index contributed by atoms with van der Waals surface area (Å²) < 4.78 is 62.8. The quantitative estimate of drug-likeness (QED) is 0.539. The van der Waals surface area contributed by atoms with Crippen LogP contribution >= 0.6 is 0 Å². The lowest BCUT2D eigenvalue weighted by Gasteiger charge is -2.30. The summed E-state index contributed by atoms with van der Waals surface area (Å²) in [5, 5.41) is 3.24. The van der Waals surface area contributed by atoms with E-state index in [1.165, 1.54) is 58.8 Å². The van der Waals surface area contributed by atoms with E-state index in [2.05, 4.69) is 0 Å². The Morgan fingerprint density at radius 1 is 0.943 bits per heavy atom. The summed E-state index contributed by atoms with van der Waals surface area (Å²) in [6.45, 7) is -0.539. The molecule has 0 spiro atoms. The fourth-order valence-corrected chi connectivity index (χ4v) is 3.43. The van der Waals surface area contributed by atoms with E-state index in [4.69, 9.17) is 18.9 Å².